The molecule has 0 aromatic heterocycles. The van der Waals surface area contributed by atoms with E-state index in [-0.39, 0.29) is 6.42 Å². The topological polar surface area (TPSA) is 74.6 Å². The first kappa shape index (κ1) is 23.8. The zero-order chi connectivity index (χ0) is 23.8. The molecule has 0 saturated carbocycles. The maximum atomic E-state index is 13.6. The van der Waals surface area contributed by atoms with Crippen molar-refractivity contribution in [2.24, 2.45) is 0 Å². The molecule has 0 heterocycles. The molecule has 0 aliphatic carbocycles. The molecule has 0 aliphatic heterocycles. The molecular formula is C27H22F2O4. The Balaban J connectivity index is 2.13. The van der Waals surface area contributed by atoms with E-state index in [0.29, 0.717) is 22.3 Å². The standard InChI is InChI=1S/C27H22F2O4/c28-21-10-6-19(7-11-21)27(20-8-12-22(29)13-9-20)25(18-4-2-1-3-5-18)15-14-23(30)16-24(31)17-26(32)33/h1-15,23,30H,16-17H2,(H,32,33). The largest absolute Gasteiger partial charge is 0.481 e. The van der Waals surface area contributed by atoms with Gasteiger partial charge in [0.25, 0.3) is 0 Å². The number of Topliss-reactive ketones (excluding diaryl/α,β-unsaturated/α-hetero) is 1. The molecule has 0 spiro atoms. The first-order chi connectivity index (χ1) is 15.8. The maximum absolute atomic E-state index is 13.6. The monoisotopic (exact) mass is 448 g/mol. The molecule has 168 valence electrons. The second-order valence-corrected chi connectivity index (χ2v) is 7.41. The molecule has 1 atom stereocenters. The highest BCUT2D eigenvalue weighted by atomic mass is 19.1. The number of hydrogen-bond acceptors (Lipinski definition) is 3. The molecule has 0 radical (unpaired) electrons. The summed E-state index contributed by atoms with van der Waals surface area (Å²) in [5, 5.41) is 19.0. The number of hydrogen-bond donors (Lipinski definition) is 2. The second-order valence-electron chi connectivity index (χ2n) is 7.41. The van der Waals surface area contributed by atoms with Crippen LogP contribution in [0, 0.1) is 11.6 Å². The lowest BCUT2D eigenvalue weighted by Crippen LogP contribution is -2.14. The molecule has 2 N–H and O–H groups in total. The molecule has 33 heavy (non-hydrogen) atoms. The third-order valence-electron chi connectivity index (χ3n) is 4.89. The van der Waals surface area contributed by atoms with Crippen LogP contribution in [0.25, 0.3) is 11.1 Å². The lowest BCUT2D eigenvalue weighted by molar-refractivity contribution is -0.140. The van der Waals surface area contributed by atoms with Crippen molar-refractivity contribution in [2.75, 3.05) is 0 Å². The summed E-state index contributed by atoms with van der Waals surface area (Å²) >= 11 is 0. The Morgan fingerprint density at radius 3 is 1.79 bits per heavy atom. The summed E-state index contributed by atoms with van der Waals surface area (Å²) in [5.41, 5.74) is 3.44. The molecule has 4 nitrogen and oxygen atoms in total. The van der Waals surface area contributed by atoms with Crippen molar-refractivity contribution < 1.29 is 28.6 Å². The summed E-state index contributed by atoms with van der Waals surface area (Å²) in [6.07, 6.45) is 0.847. The van der Waals surface area contributed by atoms with E-state index < -0.39 is 35.9 Å². The van der Waals surface area contributed by atoms with Gasteiger partial charge in [-0.3, -0.25) is 9.59 Å². The Kier molecular flexibility index (Phi) is 8.00. The third-order valence-corrected chi connectivity index (χ3v) is 4.89. The number of carboxylic acids is 1. The number of aliphatic hydroxyl groups excluding tert-OH is 1. The van der Waals surface area contributed by atoms with E-state index in [1.54, 1.807) is 30.3 Å². The quantitative estimate of drug-likeness (QED) is 0.266. The number of ketones is 1. The van der Waals surface area contributed by atoms with E-state index in [1.807, 2.05) is 30.3 Å². The summed E-state index contributed by atoms with van der Waals surface area (Å²) in [4.78, 5) is 22.5. The lowest BCUT2D eigenvalue weighted by Gasteiger charge is -2.16. The van der Waals surface area contributed by atoms with E-state index in [4.69, 9.17) is 5.11 Å². The van der Waals surface area contributed by atoms with E-state index in [2.05, 4.69) is 0 Å². The van der Waals surface area contributed by atoms with Crippen molar-refractivity contribution in [3.05, 3.63) is 119 Å². The van der Waals surface area contributed by atoms with Gasteiger partial charge in [-0.2, -0.15) is 0 Å². The van der Waals surface area contributed by atoms with Gasteiger partial charge in [0, 0.05) is 6.42 Å². The van der Waals surface area contributed by atoms with Crippen molar-refractivity contribution in [3.63, 3.8) is 0 Å². The van der Waals surface area contributed by atoms with Crippen molar-refractivity contribution in [3.8, 4) is 0 Å². The van der Waals surface area contributed by atoms with E-state index in [9.17, 15) is 23.5 Å². The van der Waals surface area contributed by atoms with Gasteiger partial charge in [-0.1, -0.05) is 66.7 Å². The van der Waals surface area contributed by atoms with Gasteiger partial charge in [0.2, 0.25) is 0 Å². The molecule has 3 rings (SSSR count). The number of allylic oxidation sites excluding steroid dienone is 2. The zero-order valence-corrected chi connectivity index (χ0v) is 17.6. The molecule has 3 aromatic carbocycles. The minimum absolute atomic E-state index is 0.340. The van der Waals surface area contributed by atoms with Gasteiger partial charge in [0.15, 0.2) is 0 Å². The summed E-state index contributed by atoms with van der Waals surface area (Å²) in [7, 11) is 0. The smallest absolute Gasteiger partial charge is 0.310 e. The number of halogens is 2. The number of carbonyl (C=O) groups is 2. The fourth-order valence-corrected chi connectivity index (χ4v) is 3.40. The van der Waals surface area contributed by atoms with Gasteiger partial charge < -0.3 is 10.2 Å². The Labute approximate surface area is 190 Å². The molecule has 3 aromatic rings. The molecule has 0 amide bonds. The van der Waals surface area contributed by atoms with E-state index >= 15 is 0 Å². The number of benzene rings is 3. The van der Waals surface area contributed by atoms with Crippen molar-refractivity contribution in [1.82, 2.24) is 0 Å². The van der Waals surface area contributed by atoms with Crippen LogP contribution in [0.5, 0.6) is 0 Å². The van der Waals surface area contributed by atoms with Crippen LogP contribution < -0.4 is 0 Å². The Morgan fingerprint density at radius 2 is 1.30 bits per heavy atom. The number of aliphatic carboxylic acids is 1. The van der Waals surface area contributed by atoms with Crippen LogP contribution in [-0.4, -0.2) is 28.1 Å². The highest BCUT2D eigenvalue weighted by Crippen LogP contribution is 2.33. The predicted octanol–water partition coefficient (Wildman–Crippen LogP) is 5.27. The highest BCUT2D eigenvalue weighted by molar-refractivity contribution is 6.02. The molecule has 0 fully saturated rings. The normalized spacial score (nSPS) is 11.8. The second kappa shape index (κ2) is 11.1. The van der Waals surface area contributed by atoms with E-state index in [0.717, 1.165) is 5.56 Å². The van der Waals surface area contributed by atoms with Crippen LogP contribution in [0.3, 0.4) is 0 Å². The van der Waals surface area contributed by atoms with Gasteiger partial charge in [-0.15, -0.1) is 0 Å². The minimum Gasteiger partial charge on any atom is -0.481 e. The molecule has 6 heteroatoms. The Hall–Kier alpha value is -3.90. The van der Waals surface area contributed by atoms with Crippen molar-refractivity contribution in [2.45, 2.75) is 18.9 Å². The van der Waals surface area contributed by atoms with Crippen LogP contribution in [0.2, 0.25) is 0 Å². The number of rotatable bonds is 9. The fraction of sp³-hybridized carbons (Fsp3) is 0.111. The third kappa shape index (κ3) is 6.79. The van der Waals surface area contributed by atoms with Gasteiger partial charge >= 0.3 is 5.97 Å². The van der Waals surface area contributed by atoms with Gasteiger partial charge in [-0.05, 0) is 52.1 Å². The predicted molar refractivity (Wildman–Crippen MR) is 122 cm³/mol. The number of aliphatic hydroxyl groups is 1. The SMILES string of the molecule is O=C(O)CC(=O)CC(O)C=CC(=C(c1ccc(F)cc1)c1ccc(F)cc1)c1ccccc1. The summed E-state index contributed by atoms with van der Waals surface area (Å²) in [6, 6.07) is 21.0. The average Bonchev–Trinajstić information content (AvgIpc) is 2.78. The highest BCUT2D eigenvalue weighted by Gasteiger charge is 2.15. The zero-order valence-electron chi connectivity index (χ0n) is 17.6. The van der Waals surface area contributed by atoms with Crippen LogP contribution in [0.4, 0.5) is 8.78 Å². The lowest BCUT2D eigenvalue weighted by atomic mass is 9.89. The van der Waals surface area contributed by atoms with Gasteiger partial charge in [0.05, 0.1) is 6.10 Å². The summed E-state index contributed by atoms with van der Waals surface area (Å²) in [6.45, 7) is 0. The van der Waals surface area contributed by atoms with Crippen LogP contribution in [-0.2, 0) is 9.59 Å². The van der Waals surface area contributed by atoms with Crippen LogP contribution >= 0.6 is 0 Å². The first-order valence-electron chi connectivity index (χ1n) is 10.2. The minimum atomic E-state index is -1.25. The van der Waals surface area contributed by atoms with Gasteiger partial charge in [-0.25, -0.2) is 8.78 Å². The molecule has 0 bridgehead atoms. The van der Waals surface area contributed by atoms with Crippen LogP contribution in [0.1, 0.15) is 29.5 Å². The van der Waals surface area contributed by atoms with Crippen LogP contribution in [0.15, 0.2) is 91.0 Å². The molecular weight excluding hydrogens is 426 g/mol. The first-order valence-corrected chi connectivity index (χ1v) is 10.2. The van der Waals surface area contributed by atoms with Crippen molar-refractivity contribution >= 4 is 22.9 Å². The number of carbonyl (C=O) groups excluding carboxylic acids is 1. The fourth-order valence-electron chi connectivity index (χ4n) is 3.40. The maximum Gasteiger partial charge on any atom is 0.310 e. The Bertz CT molecular complexity index is 1120. The summed E-state index contributed by atoms with van der Waals surface area (Å²) < 4.78 is 27.2. The Morgan fingerprint density at radius 1 is 0.788 bits per heavy atom. The summed E-state index contributed by atoms with van der Waals surface area (Å²) in [5.74, 6) is -2.65. The average molecular weight is 448 g/mol. The number of carboxylic acid groups (broad SMARTS) is 1. The van der Waals surface area contributed by atoms with Gasteiger partial charge in [0.1, 0.15) is 23.8 Å². The van der Waals surface area contributed by atoms with E-state index in [1.165, 1.54) is 30.3 Å². The molecule has 0 saturated heterocycles. The van der Waals surface area contributed by atoms with Crippen molar-refractivity contribution in [1.29, 1.82) is 0 Å². The molecule has 1 unspecified atom stereocenters. The molecule has 0 aliphatic rings.